The van der Waals surface area contributed by atoms with Gasteiger partial charge in [0.1, 0.15) is 5.82 Å². The summed E-state index contributed by atoms with van der Waals surface area (Å²) in [6.45, 7) is 6.93. The summed E-state index contributed by atoms with van der Waals surface area (Å²) in [4.78, 5) is 4.55. The minimum absolute atomic E-state index is 0. The zero-order valence-electron chi connectivity index (χ0n) is 11.6. The Labute approximate surface area is 126 Å². The molecule has 108 valence electrons. The number of nitrogen functional groups attached to an aromatic ring is 1. The van der Waals surface area contributed by atoms with Gasteiger partial charge in [-0.05, 0) is 39.0 Å². The van der Waals surface area contributed by atoms with Crippen LogP contribution in [0.2, 0.25) is 0 Å². The summed E-state index contributed by atoms with van der Waals surface area (Å²) in [6, 6.07) is 5.83. The molecule has 0 amide bonds. The van der Waals surface area contributed by atoms with Gasteiger partial charge in [0.2, 0.25) is 0 Å². The molecule has 0 saturated heterocycles. The molecule has 1 aromatic carbocycles. The lowest BCUT2D eigenvalue weighted by Crippen LogP contribution is -2.32. The molecule has 0 fully saturated rings. The molecule has 0 radical (unpaired) electrons. The van der Waals surface area contributed by atoms with Crippen LogP contribution in [0.25, 0.3) is 11.0 Å². The number of hydrogen-bond acceptors (Lipinski definition) is 3. The molecule has 0 spiro atoms. The van der Waals surface area contributed by atoms with Gasteiger partial charge in [-0.3, -0.25) is 0 Å². The summed E-state index contributed by atoms with van der Waals surface area (Å²) in [7, 11) is 1.72. The van der Waals surface area contributed by atoms with Crippen LogP contribution in [0.4, 0.5) is 5.69 Å². The van der Waals surface area contributed by atoms with Gasteiger partial charge in [-0.25, -0.2) is 4.98 Å². The first kappa shape index (κ1) is 18.0. The van der Waals surface area contributed by atoms with Crippen molar-refractivity contribution in [2.24, 2.45) is 0 Å². The molecule has 0 bridgehead atoms. The molecule has 0 unspecified atom stereocenters. The number of imidazole rings is 1. The Balaban J connectivity index is 0.00000162. The number of anilines is 1. The van der Waals surface area contributed by atoms with E-state index in [-0.39, 0.29) is 30.4 Å². The van der Waals surface area contributed by atoms with E-state index in [2.05, 4.69) is 23.4 Å². The second-order valence-corrected chi connectivity index (χ2v) is 4.99. The van der Waals surface area contributed by atoms with E-state index in [0.717, 1.165) is 22.5 Å². The van der Waals surface area contributed by atoms with Crippen molar-refractivity contribution in [1.29, 1.82) is 0 Å². The number of rotatable bonds is 3. The second-order valence-electron chi connectivity index (χ2n) is 4.99. The molecular weight excluding hydrogens is 285 g/mol. The summed E-state index contributed by atoms with van der Waals surface area (Å²) < 4.78 is 7.48. The number of hydrogen-bond donors (Lipinski definition) is 1. The molecule has 0 atom stereocenters. The number of halogens is 2. The van der Waals surface area contributed by atoms with Crippen LogP contribution in [0, 0.1) is 6.92 Å². The predicted octanol–water partition coefficient (Wildman–Crippen LogP) is 3.15. The Hall–Kier alpha value is -0.970. The molecule has 19 heavy (non-hydrogen) atoms. The van der Waals surface area contributed by atoms with Crippen LogP contribution in [0.1, 0.15) is 19.7 Å². The smallest absolute Gasteiger partial charge is 0.107 e. The molecule has 2 N–H and O–H groups in total. The molecule has 2 aromatic rings. The average Bonchev–Trinajstić information content (AvgIpc) is 2.53. The minimum atomic E-state index is -0.121. The minimum Gasteiger partial charge on any atom is -0.399 e. The highest BCUT2D eigenvalue weighted by molar-refractivity contribution is 5.85. The van der Waals surface area contributed by atoms with E-state index in [0.29, 0.717) is 6.61 Å². The van der Waals surface area contributed by atoms with Crippen LogP contribution in [0.3, 0.4) is 0 Å². The van der Waals surface area contributed by atoms with E-state index in [9.17, 15) is 0 Å². The lowest BCUT2D eigenvalue weighted by molar-refractivity contribution is 0.111. The first-order chi connectivity index (χ1) is 7.95. The van der Waals surface area contributed by atoms with Gasteiger partial charge < -0.3 is 15.0 Å². The van der Waals surface area contributed by atoms with Crippen molar-refractivity contribution in [2.75, 3.05) is 19.5 Å². The SMILES string of the molecule is COCC(C)(C)n1c(C)nc2cc(N)ccc21.Cl.Cl. The standard InChI is InChI=1S/C13H19N3O.2ClH/c1-9-15-11-7-10(14)5-6-12(11)16(9)13(2,3)8-17-4;;/h5-7H,8,14H2,1-4H3;2*1H. The van der Waals surface area contributed by atoms with E-state index in [1.54, 1.807) is 7.11 Å². The zero-order chi connectivity index (χ0) is 12.6. The van der Waals surface area contributed by atoms with Gasteiger partial charge in [0, 0.05) is 12.8 Å². The lowest BCUT2D eigenvalue weighted by Gasteiger charge is -2.28. The van der Waals surface area contributed by atoms with Crippen LogP contribution in [-0.2, 0) is 10.3 Å². The quantitative estimate of drug-likeness (QED) is 0.886. The van der Waals surface area contributed by atoms with Gasteiger partial charge in [-0.2, -0.15) is 0 Å². The topological polar surface area (TPSA) is 53.1 Å². The average molecular weight is 306 g/mol. The van der Waals surface area contributed by atoms with Crippen molar-refractivity contribution in [3.05, 3.63) is 24.0 Å². The lowest BCUT2D eigenvalue weighted by atomic mass is 10.1. The number of ether oxygens (including phenoxy) is 1. The maximum atomic E-state index is 5.78. The molecule has 4 nitrogen and oxygen atoms in total. The van der Waals surface area contributed by atoms with Crippen LogP contribution in [0.15, 0.2) is 18.2 Å². The van der Waals surface area contributed by atoms with E-state index in [1.807, 2.05) is 25.1 Å². The monoisotopic (exact) mass is 305 g/mol. The van der Waals surface area contributed by atoms with E-state index in [1.165, 1.54) is 0 Å². The van der Waals surface area contributed by atoms with Crippen LogP contribution in [-0.4, -0.2) is 23.3 Å². The number of nitrogens with two attached hydrogens (primary N) is 1. The van der Waals surface area contributed by atoms with Crippen LogP contribution >= 0.6 is 24.8 Å². The van der Waals surface area contributed by atoms with Gasteiger partial charge in [-0.1, -0.05) is 0 Å². The van der Waals surface area contributed by atoms with E-state index < -0.39 is 0 Å². The van der Waals surface area contributed by atoms with E-state index >= 15 is 0 Å². The Morgan fingerprint density at radius 2 is 1.95 bits per heavy atom. The largest absolute Gasteiger partial charge is 0.399 e. The molecule has 0 aliphatic carbocycles. The number of nitrogens with zero attached hydrogens (tertiary/aromatic N) is 2. The molecule has 6 heteroatoms. The molecule has 0 aliphatic rings. The van der Waals surface area contributed by atoms with Crippen molar-refractivity contribution in [3.63, 3.8) is 0 Å². The fourth-order valence-electron chi connectivity index (χ4n) is 2.40. The Morgan fingerprint density at radius 3 is 2.53 bits per heavy atom. The third-order valence-electron chi connectivity index (χ3n) is 2.95. The molecule has 0 saturated carbocycles. The first-order valence-electron chi connectivity index (χ1n) is 5.70. The van der Waals surface area contributed by atoms with E-state index in [4.69, 9.17) is 10.5 Å². The van der Waals surface area contributed by atoms with Gasteiger partial charge >= 0.3 is 0 Å². The highest BCUT2D eigenvalue weighted by Crippen LogP contribution is 2.26. The molecule has 1 heterocycles. The Bertz CT molecular complexity index is 552. The first-order valence-corrected chi connectivity index (χ1v) is 5.70. The zero-order valence-corrected chi connectivity index (χ0v) is 13.3. The third-order valence-corrected chi connectivity index (χ3v) is 2.95. The second kappa shape index (κ2) is 6.46. The summed E-state index contributed by atoms with van der Waals surface area (Å²) in [5.41, 5.74) is 8.43. The predicted molar refractivity (Wildman–Crippen MR) is 84.6 cm³/mol. The summed E-state index contributed by atoms with van der Waals surface area (Å²) in [6.07, 6.45) is 0. The van der Waals surface area contributed by atoms with Gasteiger partial charge in [0.25, 0.3) is 0 Å². The fraction of sp³-hybridized carbons (Fsp3) is 0.462. The highest BCUT2D eigenvalue weighted by Gasteiger charge is 2.24. The Morgan fingerprint density at radius 1 is 1.32 bits per heavy atom. The number of benzene rings is 1. The summed E-state index contributed by atoms with van der Waals surface area (Å²) >= 11 is 0. The normalized spacial score (nSPS) is 10.9. The maximum absolute atomic E-state index is 5.78. The molecular formula is C13H21Cl2N3O. The summed E-state index contributed by atoms with van der Waals surface area (Å²) in [5.74, 6) is 0.979. The molecule has 0 aliphatic heterocycles. The number of methoxy groups -OCH3 is 1. The number of aromatic nitrogens is 2. The van der Waals surface area contributed by atoms with Crippen molar-refractivity contribution >= 4 is 41.5 Å². The third kappa shape index (κ3) is 3.32. The van der Waals surface area contributed by atoms with Crippen molar-refractivity contribution in [1.82, 2.24) is 9.55 Å². The van der Waals surface area contributed by atoms with Gasteiger partial charge in [-0.15, -0.1) is 24.8 Å². The number of aryl methyl sites for hydroxylation is 1. The fourth-order valence-corrected chi connectivity index (χ4v) is 2.40. The Kier molecular flexibility index (Phi) is 6.13. The highest BCUT2D eigenvalue weighted by atomic mass is 35.5. The maximum Gasteiger partial charge on any atom is 0.107 e. The van der Waals surface area contributed by atoms with Crippen LogP contribution in [0.5, 0.6) is 0 Å². The van der Waals surface area contributed by atoms with Crippen molar-refractivity contribution in [2.45, 2.75) is 26.3 Å². The van der Waals surface area contributed by atoms with Crippen LogP contribution < -0.4 is 5.73 Å². The molecule has 1 aromatic heterocycles. The molecule has 2 rings (SSSR count). The van der Waals surface area contributed by atoms with Gasteiger partial charge in [0.15, 0.2) is 0 Å². The number of fused-ring (bicyclic) bond motifs is 1. The van der Waals surface area contributed by atoms with Crippen molar-refractivity contribution < 1.29 is 4.74 Å². The van der Waals surface area contributed by atoms with Crippen molar-refractivity contribution in [3.8, 4) is 0 Å². The van der Waals surface area contributed by atoms with Gasteiger partial charge in [0.05, 0.1) is 23.2 Å². The summed E-state index contributed by atoms with van der Waals surface area (Å²) in [5, 5.41) is 0.